The first kappa shape index (κ1) is 41.5. The van der Waals surface area contributed by atoms with Gasteiger partial charge in [0.25, 0.3) is 11.8 Å². The van der Waals surface area contributed by atoms with E-state index in [-0.39, 0.29) is 11.8 Å². The molecule has 6 nitrogen and oxygen atoms in total. The van der Waals surface area contributed by atoms with Crippen molar-refractivity contribution in [3.63, 3.8) is 0 Å². The van der Waals surface area contributed by atoms with Crippen LogP contribution < -0.4 is 10.6 Å². The zero-order chi connectivity index (χ0) is 34.7. The number of nitrogens with zero attached hydrogens (tertiary/aromatic N) is 2. The van der Waals surface area contributed by atoms with Gasteiger partial charge < -0.3 is 20.4 Å². The number of carbonyl (C=O) groups is 2. The van der Waals surface area contributed by atoms with Crippen molar-refractivity contribution in [3.05, 3.63) is 59.7 Å². The Balaban J connectivity index is 1.81. The standard InChI is InChI=1S/C42H70N4O2/c1-5-9-13-17-31-45(32-18-14-10-6-2)35-29-43-41(47)39-25-21-37(22-26-39)38-23-27-40(28-24-38)42(48)44-30-36-46(33-19-15-11-7-3)34-20-16-12-8-4/h21-28H,5-20,29-36H2,1-4H3,(H,43,47)(H,44,48). The molecule has 0 unspecified atom stereocenters. The van der Waals surface area contributed by atoms with Gasteiger partial charge in [0.2, 0.25) is 0 Å². The summed E-state index contributed by atoms with van der Waals surface area (Å²) in [6, 6.07) is 15.6. The van der Waals surface area contributed by atoms with E-state index in [0.29, 0.717) is 24.2 Å². The molecule has 0 aliphatic rings. The van der Waals surface area contributed by atoms with Gasteiger partial charge in [0, 0.05) is 37.3 Å². The molecule has 270 valence electrons. The van der Waals surface area contributed by atoms with E-state index in [2.05, 4.69) is 48.1 Å². The molecule has 0 spiro atoms. The van der Waals surface area contributed by atoms with Crippen molar-refractivity contribution in [1.82, 2.24) is 20.4 Å². The molecule has 2 aromatic carbocycles. The largest absolute Gasteiger partial charge is 0.351 e. The summed E-state index contributed by atoms with van der Waals surface area (Å²) in [5.74, 6) is -0.0445. The molecule has 48 heavy (non-hydrogen) atoms. The molecule has 2 aromatic rings. The van der Waals surface area contributed by atoms with Crippen LogP contribution >= 0.6 is 0 Å². The Kier molecular flexibility index (Phi) is 23.5. The molecular weight excluding hydrogens is 592 g/mol. The van der Waals surface area contributed by atoms with Crippen LogP contribution in [-0.2, 0) is 0 Å². The molecular formula is C42H70N4O2. The van der Waals surface area contributed by atoms with Gasteiger partial charge in [0.05, 0.1) is 0 Å². The van der Waals surface area contributed by atoms with Crippen LogP contribution in [0.2, 0.25) is 0 Å². The predicted octanol–water partition coefficient (Wildman–Crippen LogP) is 9.74. The van der Waals surface area contributed by atoms with Crippen LogP contribution in [0.4, 0.5) is 0 Å². The van der Waals surface area contributed by atoms with Crippen LogP contribution in [0.15, 0.2) is 48.5 Å². The highest BCUT2D eigenvalue weighted by atomic mass is 16.2. The van der Waals surface area contributed by atoms with Gasteiger partial charge in [-0.25, -0.2) is 0 Å². The average Bonchev–Trinajstić information content (AvgIpc) is 3.11. The van der Waals surface area contributed by atoms with Gasteiger partial charge in [-0.15, -0.1) is 0 Å². The van der Waals surface area contributed by atoms with E-state index in [4.69, 9.17) is 0 Å². The zero-order valence-corrected chi connectivity index (χ0v) is 31.3. The van der Waals surface area contributed by atoms with Crippen molar-refractivity contribution in [2.75, 3.05) is 52.4 Å². The Morgan fingerprint density at radius 3 is 0.979 bits per heavy atom. The van der Waals surface area contributed by atoms with E-state index in [1.54, 1.807) is 0 Å². The highest BCUT2D eigenvalue weighted by Gasteiger charge is 2.11. The van der Waals surface area contributed by atoms with Gasteiger partial charge in [0.1, 0.15) is 0 Å². The van der Waals surface area contributed by atoms with Crippen LogP contribution in [0, 0.1) is 0 Å². The summed E-state index contributed by atoms with van der Waals surface area (Å²) < 4.78 is 0. The average molecular weight is 663 g/mol. The number of carbonyl (C=O) groups excluding carboxylic acids is 2. The third kappa shape index (κ3) is 18.2. The molecule has 0 bridgehead atoms. The van der Waals surface area contributed by atoms with Crippen molar-refractivity contribution in [1.29, 1.82) is 0 Å². The molecule has 0 radical (unpaired) electrons. The van der Waals surface area contributed by atoms with Gasteiger partial charge >= 0.3 is 0 Å². The van der Waals surface area contributed by atoms with E-state index in [1.165, 1.54) is 103 Å². The fraction of sp³-hybridized carbons (Fsp3) is 0.667. The normalized spacial score (nSPS) is 11.4. The topological polar surface area (TPSA) is 64.7 Å². The van der Waals surface area contributed by atoms with Crippen molar-refractivity contribution >= 4 is 11.8 Å². The van der Waals surface area contributed by atoms with Gasteiger partial charge in [-0.05, 0) is 87.3 Å². The van der Waals surface area contributed by atoms with Crippen molar-refractivity contribution in [2.45, 2.75) is 130 Å². The van der Waals surface area contributed by atoms with Gasteiger partial charge in [-0.3, -0.25) is 9.59 Å². The van der Waals surface area contributed by atoms with Gasteiger partial charge in [-0.2, -0.15) is 0 Å². The maximum absolute atomic E-state index is 12.9. The minimum absolute atomic E-state index is 0.0223. The van der Waals surface area contributed by atoms with E-state index in [9.17, 15) is 9.59 Å². The Morgan fingerprint density at radius 2 is 0.708 bits per heavy atom. The fourth-order valence-electron chi connectivity index (χ4n) is 6.21. The molecule has 0 saturated carbocycles. The Labute approximate surface area is 294 Å². The first-order chi connectivity index (χ1) is 23.5. The lowest BCUT2D eigenvalue weighted by atomic mass is 10.0. The lowest BCUT2D eigenvalue weighted by molar-refractivity contribution is 0.0939. The zero-order valence-electron chi connectivity index (χ0n) is 31.3. The smallest absolute Gasteiger partial charge is 0.251 e. The summed E-state index contributed by atoms with van der Waals surface area (Å²) in [4.78, 5) is 30.9. The lowest BCUT2D eigenvalue weighted by Crippen LogP contribution is -2.36. The molecule has 0 aliphatic carbocycles. The Morgan fingerprint density at radius 1 is 0.417 bits per heavy atom. The second kappa shape index (κ2) is 27.2. The van der Waals surface area contributed by atoms with Crippen LogP contribution in [-0.4, -0.2) is 74.0 Å². The molecule has 0 saturated heterocycles. The third-order valence-electron chi connectivity index (χ3n) is 9.37. The lowest BCUT2D eigenvalue weighted by Gasteiger charge is -2.22. The first-order valence-corrected chi connectivity index (χ1v) is 19.7. The molecule has 0 aliphatic heterocycles. The quantitative estimate of drug-likeness (QED) is 0.0852. The first-order valence-electron chi connectivity index (χ1n) is 19.7. The summed E-state index contributed by atoms with van der Waals surface area (Å²) in [6.07, 6.45) is 20.3. The van der Waals surface area contributed by atoms with E-state index < -0.39 is 0 Å². The van der Waals surface area contributed by atoms with Crippen LogP contribution in [0.3, 0.4) is 0 Å². The third-order valence-corrected chi connectivity index (χ3v) is 9.37. The second-order valence-corrected chi connectivity index (χ2v) is 13.6. The summed E-state index contributed by atoms with van der Waals surface area (Å²) in [7, 11) is 0. The van der Waals surface area contributed by atoms with Gasteiger partial charge in [0.15, 0.2) is 0 Å². The fourth-order valence-corrected chi connectivity index (χ4v) is 6.21. The summed E-state index contributed by atoms with van der Waals surface area (Å²) in [6.45, 7) is 16.6. The number of benzene rings is 2. The number of hydrogen-bond acceptors (Lipinski definition) is 4. The number of unbranched alkanes of at least 4 members (excludes halogenated alkanes) is 12. The molecule has 0 heterocycles. The SMILES string of the molecule is CCCCCCN(CCCCCC)CCNC(=O)c1ccc(-c2ccc(C(=O)NCCN(CCCCCC)CCCCCC)cc2)cc1. The molecule has 0 aromatic heterocycles. The van der Waals surface area contributed by atoms with Crippen molar-refractivity contribution in [2.24, 2.45) is 0 Å². The molecule has 6 heteroatoms. The summed E-state index contributed by atoms with van der Waals surface area (Å²) in [5.41, 5.74) is 3.42. The molecule has 2 amide bonds. The van der Waals surface area contributed by atoms with Crippen LogP contribution in [0.5, 0.6) is 0 Å². The number of amides is 2. The molecule has 0 fully saturated rings. The number of nitrogens with one attached hydrogen (secondary N) is 2. The highest BCUT2D eigenvalue weighted by Crippen LogP contribution is 2.20. The highest BCUT2D eigenvalue weighted by molar-refractivity contribution is 5.95. The van der Waals surface area contributed by atoms with E-state index in [0.717, 1.165) is 50.4 Å². The summed E-state index contributed by atoms with van der Waals surface area (Å²) >= 11 is 0. The van der Waals surface area contributed by atoms with E-state index >= 15 is 0 Å². The van der Waals surface area contributed by atoms with Gasteiger partial charge in [-0.1, -0.05) is 129 Å². The molecule has 2 N–H and O–H groups in total. The molecule has 0 atom stereocenters. The van der Waals surface area contributed by atoms with Crippen molar-refractivity contribution in [3.8, 4) is 11.1 Å². The maximum Gasteiger partial charge on any atom is 0.251 e. The minimum atomic E-state index is -0.0223. The maximum atomic E-state index is 12.9. The Bertz CT molecular complexity index is 974. The van der Waals surface area contributed by atoms with E-state index in [1.807, 2.05) is 48.5 Å². The number of rotatable bonds is 29. The molecule has 2 rings (SSSR count). The Hall–Kier alpha value is -2.70. The summed E-state index contributed by atoms with van der Waals surface area (Å²) in [5, 5.41) is 6.27. The second-order valence-electron chi connectivity index (χ2n) is 13.6. The minimum Gasteiger partial charge on any atom is -0.351 e. The van der Waals surface area contributed by atoms with Crippen molar-refractivity contribution < 1.29 is 9.59 Å². The van der Waals surface area contributed by atoms with Crippen LogP contribution in [0.1, 0.15) is 151 Å². The van der Waals surface area contributed by atoms with Crippen LogP contribution in [0.25, 0.3) is 11.1 Å². The predicted molar refractivity (Wildman–Crippen MR) is 206 cm³/mol. The number of hydrogen-bond donors (Lipinski definition) is 2. The monoisotopic (exact) mass is 663 g/mol.